The molecule has 6 heteroatoms. The first kappa shape index (κ1) is 16.7. The van der Waals surface area contributed by atoms with Crippen LogP contribution in [-0.2, 0) is 6.54 Å². The number of rotatable bonds is 4. The maximum absolute atomic E-state index is 12.6. The molecule has 1 aromatic heterocycles. The van der Waals surface area contributed by atoms with Crippen molar-refractivity contribution in [2.75, 3.05) is 32.2 Å². The number of carbonyl (C=O) groups excluding carboxylic acids is 1. The minimum Gasteiger partial charge on any atom is -0.497 e. The van der Waals surface area contributed by atoms with Crippen LogP contribution in [0.5, 0.6) is 11.5 Å². The van der Waals surface area contributed by atoms with Gasteiger partial charge in [-0.1, -0.05) is 18.2 Å². The molecule has 0 fully saturated rings. The standard InChI is InChI=1S/C20H20N2O3S/c1-24-14-7-8-17-15(11-14)18-19(26-17)20(23)21-9-10-22(18)12-13-5-3-4-6-16(13)25-2/h3-8,11H,9-10,12H2,1-2H3,(H,21,23). The van der Waals surface area contributed by atoms with E-state index in [1.165, 1.54) is 11.3 Å². The predicted molar refractivity (Wildman–Crippen MR) is 105 cm³/mol. The Morgan fingerprint density at radius 2 is 2.00 bits per heavy atom. The van der Waals surface area contributed by atoms with Crippen molar-refractivity contribution in [2.24, 2.45) is 0 Å². The Labute approximate surface area is 156 Å². The number of hydrogen-bond acceptors (Lipinski definition) is 5. The van der Waals surface area contributed by atoms with Gasteiger partial charge in [-0.3, -0.25) is 4.79 Å². The lowest BCUT2D eigenvalue weighted by Crippen LogP contribution is -2.30. The molecule has 2 aromatic carbocycles. The minimum absolute atomic E-state index is 0.0114. The highest BCUT2D eigenvalue weighted by atomic mass is 32.1. The highest BCUT2D eigenvalue weighted by molar-refractivity contribution is 7.21. The van der Waals surface area contributed by atoms with Crippen LogP contribution in [0.2, 0.25) is 0 Å². The summed E-state index contributed by atoms with van der Waals surface area (Å²) in [6.07, 6.45) is 0. The topological polar surface area (TPSA) is 50.8 Å². The summed E-state index contributed by atoms with van der Waals surface area (Å²) in [5.41, 5.74) is 2.07. The van der Waals surface area contributed by atoms with Gasteiger partial charge in [0.15, 0.2) is 0 Å². The smallest absolute Gasteiger partial charge is 0.263 e. The monoisotopic (exact) mass is 368 g/mol. The van der Waals surface area contributed by atoms with Crippen molar-refractivity contribution in [1.82, 2.24) is 5.32 Å². The van der Waals surface area contributed by atoms with E-state index >= 15 is 0 Å². The Bertz CT molecular complexity index is 967. The fraction of sp³-hybridized carbons (Fsp3) is 0.250. The third-order valence-electron chi connectivity index (χ3n) is 4.61. The fourth-order valence-electron chi connectivity index (χ4n) is 3.35. The molecule has 0 unspecified atom stereocenters. The summed E-state index contributed by atoms with van der Waals surface area (Å²) in [4.78, 5) is 15.6. The number of hydrogen-bond donors (Lipinski definition) is 1. The first-order valence-corrected chi connectivity index (χ1v) is 9.28. The molecule has 0 saturated carbocycles. The molecule has 0 aliphatic carbocycles. The first-order valence-electron chi connectivity index (χ1n) is 8.47. The number of thiophene rings is 1. The molecule has 0 saturated heterocycles. The first-order chi connectivity index (χ1) is 12.7. The molecule has 3 aromatic rings. The molecular formula is C20H20N2O3S. The van der Waals surface area contributed by atoms with Crippen LogP contribution < -0.4 is 19.7 Å². The Balaban J connectivity index is 1.84. The molecule has 134 valence electrons. The van der Waals surface area contributed by atoms with Gasteiger partial charge in [0.2, 0.25) is 0 Å². The van der Waals surface area contributed by atoms with E-state index < -0.39 is 0 Å². The Kier molecular flexibility index (Phi) is 4.42. The van der Waals surface area contributed by atoms with Crippen LogP contribution in [0.3, 0.4) is 0 Å². The minimum atomic E-state index is -0.0114. The average Bonchev–Trinajstić information content (AvgIpc) is 2.98. The van der Waals surface area contributed by atoms with Crippen molar-refractivity contribution >= 4 is 33.0 Å². The van der Waals surface area contributed by atoms with Gasteiger partial charge < -0.3 is 19.7 Å². The maximum Gasteiger partial charge on any atom is 0.263 e. The van der Waals surface area contributed by atoms with E-state index in [-0.39, 0.29) is 5.91 Å². The number of fused-ring (bicyclic) bond motifs is 3. The van der Waals surface area contributed by atoms with Gasteiger partial charge in [0, 0.05) is 35.3 Å². The van der Waals surface area contributed by atoms with E-state index in [9.17, 15) is 4.79 Å². The number of nitrogens with zero attached hydrogens (tertiary/aromatic N) is 1. The van der Waals surface area contributed by atoms with Gasteiger partial charge in [0.1, 0.15) is 16.4 Å². The van der Waals surface area contributed by atoms with Crippen molar-refractivity contribution in [3.8, 4) is 11.5 Å². The number of methoxy groups -OCH3 is 2. The molecule has 1 aliphatic rings. The number of nitrogens with one attached hydrogen (secondary N) is 1. The zero-order valence-corrected chi connectivity index (χ0v) is 15.6. The zero-order chi connectivity index (χ0) is 18.1. The van der Waals surface area contributed by atoms with E-state index in [1.807, 2.05) is 36.4 Å². The van der Waals surface area contributed by atoms with Crippen LogP contribution in [0, 0.1) is 0 Å². The Morgan fingerprint density at radius 1 is 1.15 bits per heavy atom. The summed E-state index contributed by atoms with van der Waals surface area (Å²) in [5, 5.41) is 4.05. The SMILES string of the molecule is COc1ccc2sc3c(c2c1)N(Cc1ccccc1OC)CCNC3=O. The molecule has 0 spiro atoms. The van der Waals surface area contributed by atoms with E-state index in [1.54, 1.807) is 14.2 Å². The van der Waals surface area contributed by atoms with Crippen molar-refractivity contribution in [1.29, 1.82) is 0 Å². The van der Waals surface area contributed by atoms with E-state index in [2.05, 4.69) is 16.3 Å². The zero-order valence-electron chi connectivity index (χ0n) is 14.7. The van der Waals surface area contributed by atoms with Gasteiger partial charge in [0.05, 0.1) is 19.9 Å². The van der Waals surface area contributed by atoms with Crippen molar-refractivity contribution < 1.29 is 14.3 Å². The van der Waals surface area contributed by atoms with Gasteiger partial charge in [-0.2, -0.15) is 0 Å². The van der Waals surface area contributed by atoms with Crippen LogP contribution in [0.1, 0.15) is 15.2 Å². The molecule has 1 amide bonds. The number of benzene rings is 2. The molecular weight excluding hydrogens is 348 g/mol. The van der Waals surface area contributed by atoms with Crippen LogP contribution in [0.15, 0.2) is 42.5 Å². The summed E-state index contributed by atoms with van der Waals surface area (Å²) in [6.45, 7) is 2.02. The third kappa shape index (κ3) is 2.86. The molecule has 5 nitrogen and oxygen atoms in total. The molecule has 0 radical (unpaired) electrons. The fourth-order valence-corrected chi connectivity index (χ4v) is 4.47. The van der Waals surface area contributed by atoms with Crippen molar-refractivity contribution in [2.45, 2.75) is 6.54 Å². The number of amides is 1. The van der Waals surface area contributed by atoms with Crippen LogP contribution in [0.4, 0.5) is 5.69 Å². The quantitative estimate of drug-likeness (QED) is 0.763. The predicted octanol–water partition coefficient (Wildman–Crippen LogP) is 3.67. The molecule has 0 atom stereocenters. The summed E-state index contributed by atoms with van der Waals surface area (Å²) in [6, 6.07) is 14.0. The number of para-hydroxylation sites is 1. The second-order valence-corrected chi connectivity index (χ2v) is 7.18. The second kappa shape index (κ2) is 6.88. The summed E-state index contributed by atoms with van der Waals surface area (Å²) in [5.74, 6) is 1.64. The van der Waals surface area contributed by atoms with Gasteiger partial charge in [-0.05, 0) is 24.3 Å². The van der Waals surface area contributed by atoms with Crippen LogP contribution >= 0.6 is 11.3 Å². The lowest BCUT2D eigenvalue weighted by Gasteiger charge is -2.24. The van der Waals surface area contributed by atoms with Crippen LogP contribution in [0.25, 0.3) is 10.1 Å². The van der Waals surface area contributed by atoms with E-state index in [0.29, 0.717) is 13.1 Å². The van der Waals surface area contributed by atoms with E-state index in [0.717, 1.165) is 44.3 Å². The Morgan fingerprint density at radius 3 is 2.81 bits per heavy atom. The molecule has 1 aliphatic heterocycles. The maximum atomic E-state index is 12.6. The van der Waals surface area contributed by atoms with E-state index in [4.69, 9.17) is 9.47 Å². The average molecular weight is 368 g/mol. The molecule has 1 N–H and O–H groups in total. The second-order valence-electron chi connectivity index (χ2n) is 6.13. The summed E-state index contributed by atoms with van der Waals surface area (Å²) in [7, 11) is 3.34. The van der Waals surface area contributed by atoms with Gasteiger partial charge in [0.25, 0.3) is 5.91 Å². The summed E-state index contributed by atoms with van der Waals surface area (Å²) >= 11 is 1.52. The number of carbonyl (C=O) groups is 1. The molecule has 26 heavy (non-hydrogen) atoms. The lowest BCUT2D eigenvalue weighted by molar-refractivity contribution is 0.0962. The molecule has 0 bridgehead atoms. The normalized spacial score (nSPS) is 13.9. The van der Waals surface area contributed by atoms with Gasteiger partial charge in [-0.25, -0.2) is 0 Å². The van der Waals surface area contributed by atoms with Crippen LogP contribution in [-0.4, -0.2) is 33.2 Å². The lowest BCUT2D eigenvalue weighted by atomic mass is 10.1. The number of ether oxygens (including phenoxy) is 2. The highest BCUT2D eigenvalue weighted by Crippen LogP contribution is 2.41. The number of anilines is 1. The Hall–Kier alpha value is -2.73. The van der Waals surface area contributed by atoms with Crippen molar-refractivity contribution in [3.05, 3.63) is 52.9 Å². The largest absolute Gasteiger partial charge is 0.497 e. The molecule has 2 heterocycles. The van der Waals surface area contributed by atoms with Gasteiger partial charge in [-0.15, -0.1) is 11.3 Å². The third-order valence-corrected chi connectivity index (χ3v) is 5.77. The summed E-state index contributed by atoms with van der Waals surface area (Å²) < 4.78 is 12.0. The van der Waals surface area contributed by atoms with Crippen molar-refractivity contribution in [3.63, 3.8) is 0 Å². The van der Waals surface area contributed by atoms with Gasteiger partial charge >= 0.3 is 0 Å². The highest BCUT2D eigenvalue weighted by Gasteiger charge is 2.26. The molecule has 4 rings (SSSR count).